The molecule has 0 radical (unpaired) electrons. The molecule has 1 aliphatic heterocycles. The number of imidazole rings is 1. The number of anilines is 3. The summed E-state index contributed by atoms with van der Waals surface area (Å²) >= 11 is 0.968. The predicted molar refractivity (Wildman–Crippen MR) is 279 cm³/mol. The lowest BCUT2D eigenvalue weighted by atomic mass is 9.98. The molecule has 6 aromatic rings. The standard InChI is InChI=1S/C55H62N6O9S/c1-10-13-48-56-44-31-38(22-27-45(44)61(48)33-36-16-20-37(21-17-36)41-14-11-12-15-42(41)51(64)69-54(2,3)4)59(8)28-29-67-40-25-26-43(46(32-40)60(9)53(66)70-55(5,6)7)57-49(62)34-68-39-23-18-35(19-24-39)30-47-50(63)58-52(65)71-47/h11-12,14-27,31-32,47H,10,13,28-30,33-34H2,1-9H3,(H,57,62)(H,58,63,65). The number of fused-ring (bicyclic) bond motifs is 1. The molecule has 1 saturated heterocycles. The molecule has 2 N–H and O–H groups in total. The lowest BCUT2D eigenvalue weighted by Gasteiger charge is -2.26. The number of rotatable bonds is 18. The average Bonchev–Trinajstić information content (AvgIpc) is 3.83. The quantitative estimate of drug-likeness (QED) is 0.0783. The molecule has 16 heteroatoms. The highest BCUT2D eigenvalue weighted by Gasteiger charge is 2.31. The van der Waals surface area contributed by atoms with Crippen molar-refractivity contribution in [3.63, 3.8) is 0 Å². The molecular weight excluding hydrogens is 921 g/mol. The Labute approximate surface area is 419 Å². The zero-order valence-corrected chi connectivity index (χ0v) is 42.6. The Hall–Kier alpha value is -7.33. The number of carbonyl (C=O) groups excluding carboxylic acids is 5. The van der Waals surface area contributed by atoms with Gasteiger partial charge in [0.15, 0.2) is 6.61 Å². The summed E-state index contributed by atoms with van der Waals surface area (Å²) in [5.74, 6) is 0.809. The second kappa shape index (κ2) is 22.2. The van der Waals surface area contributed by atoms with Gasteiger partial charge in [0.2, 0.25) is 5.91 Å². The average molecular weight is 983 g/mol. The fraction of sp³-hybridized carbons (Fsp3) is 0.345. The molecular formula is C55H62N6O9S. The molecule has 0 saturated carbocycles. The predicted octanol–water partition coefficient (Wildman–Crippen LogP) is 10.5. The van der Waals surface area contributed by atoms with E-state index in [-0.39, 0.29) is 23.7 Å². The van der Waals surface area contributed by atoms with Gasteiger partial charge in [0.05, 0.1) is 39.8 Å². The van der Waals surface area contributed by atoms with Crippen molar-refractivity contribution < 1.29 is 42.9 Å². The van der Waals surface area contributed by atoms with Crippen LogP contribution in [0.15, 0.2) is 109 Å². The van der Waals surface area contributed by atoms with Gasteiger partial charge in [-0.25, -0.2) is 14.6 Å². The number of imide groups is 1. The van der Waals surface area contributed by atoms with Gasteiger partial charge in [-0.05, 0) is 125 Å². The van der Waals surface area contributed by atoms with Crippen LogP contribution in [0.3, 0.4) is 0 Å². The second-order valence-corrected chi connectivity index (χ2v) is 20.5. The molecule has 71 heavy (non-hydrogen) atoms. The topological polar surface area (TPSA) is 171 Å². The van der Waals surface area contributed by atoms with Crippen LogP contribution in [0, 0.1) is 0 Å². The number of nitrogens with zero attached hydrogens (tertiary/aromatic N) is 4. The minimum absolute atomic E-state index is 0.307. The summed E-state index contributed by atoms with van der Waals surface area (Å²) in [7, 11) is 3.56. The Morgan fingerprint density at radius 3 is 2.17 bits per heavy atom. The van der Waals surface area contributed by atoms with Crippen LogP contribution in [0.25, 0.3) is 22.2 Å². The van der Waals surface area contributed by atoms with Crippen LogP contribution in [0.5, 0.6) is 11.5 Å². The highest BCUT2D eigenvalue weighted by atomic mass is 32.2. The van der Waals surface area contributed by atoms with E-state index in [9.17, 15) is 24.0 Å². The van der Waals surface area contributed by atoms with E-state index in [0.29, 0.717) is 54.6 Å². The number of carbonyl (C=O) groups is 5. The van der Waals surface area contributed by atoms with Gasteiger partial charge in [-0.3, -0.25) is 24.6 Å². The number of hydrogen-bond donors (Lipinski definition) is 2. The van der Waals surface area contributed by atoms with E-state index >= 15 is 0 Å². The monoisotopic (exact) mass is 982 g/mol. The van der Waals surface area contributed by atoms with Crippen LogP contribution in [-0.4, -0.2) is 89.0 Å². The third-order valence-electron chi connectivity index (χ3n) is 11.3. The van der Waals surface area contributed by atoms with E-state index in [2.05, 4.69) is 57.4 Å². The summed E-state index contributed by atoms with van der Waals surface area (Å²) < 4.78 is 25.6. The molecule has 1 atom stereocenters. The summed E-state index contributed by atoms with van der Waals surface area (Å²) in [5, 5.41) is 4.31. The van der Waals surface area contributed by atoms with Crippen LogP contribution < -0.4 is 29.9 Å². The number of nitrogens with one attached hydrogen (secondary N) is 2. The maximum absolute atomic E-state index is 13.3. The summed E-state index contributed by atoms with van der Waals surface area (Å²) in [6, 6.07) is 34.1. The zero-order chi connectivity index (χ0) is 51.0. The number of esters is 1. The first-order chi connectivity index (χ1) is 33.7. The number of likely N-dealkylation sites (N-methyl/N-ethyl adjacent to an activating group) is 1. The normalized spacial score (nSPS) is 13.7. The number of ether oxygens (including phenoxy) is 4. The number of aromatic nitrogens is 2. The number of hydrogen-bond acceptors (Lipinski definition) is 12. The molecule has 1 aliphatic rings. The summed E-state index contributed by atoms with van der Waals surface area (Å²) in [6.07, 6.45) is 1.53. The van der Waals surface area contributed by atoms with Gasteiger partial charge in [-0.2, -0.15) is 0 Å². The third kappa shape index (κ3) is 13.7. The van der Waals surface area contributed by atoms with E-state index in [1.165, 1.54) is 4.90 Å². The van der Waals surface area contributed by atoms with Gasteiger partial charge in [0.1, 0.15) is 35.1 Å². The van der Waals surface area contributed by atoms with Crippen molar-refractivity contribution in [2.24, 2.45) is 0 Å². The second-order valence-electron chi connectivity index (χ2n) is 19.3. The molecule has 1 unspecified atom stereocenters. The maximum atomic E-state index is 13.3. The van der Waals surface area contributed by atoms with Gasteiger partial charge in [-0.1, -0.05) is 73.3 Å². The van der Waals surface area contributed by atoms with Gasteiger partial charge >= 0.3 is 12.1 Å². The largest absolute Gasteiger partial charge is 0.492 e. The van der Waals surface area contributed by atoms with Crippen LogP contribution in [0.2, 0.25) is 0 Å². The van der Waals surface area contributed by atoms with Crippen molar-refractivity contribution >= 4 is 69.0 Å². The molecule has 4 amide bonds. The Morgan fingerprint density at radius 1 is 0.803 bits per heavy atom. The smallest absolute Gasteiger partial charge is 0.414 e. The fourth-order valence-electron chi connectivity index (χ4n) is 7.86. The minimum Gasteiger partial charge on any atom is -0.492 e. The first-order valence-electron chi connectivity index (χ1n) is 23.6. The number of aryl methyl sites for hydroxylation is 1. The summed E-state index contributed by atoms with van der Waals surface area (Å²) in [5.41, 5.74) is 6.48. The maximum Gasteiger partial charge on any atom is 0.414 e. The molecule has 15 nitrogen and oxygen atoms in total. The van der Waals surface area contributed by atoms with E-state index in [0.717, 1.165) is 69.4 Å². The molecule has 372 valence electrons. The highest BCUT2D eigenvalue weighted by Crippen LogP contribution is 2.33. The van der Waals surface area contributed by atoms with E-state index in [1.54, 1.807) is 76.3 Å². The molecule has 0 spiro atoms. The minimum atomic E-state index is -0.762. The van der Waals surface area contributed by atoms with Gasteiger partial charge in [-0.15, -0.1) is 0 Å². The molecule has 1 aromatic heterocycles. The molecule has 1 fully saturated rings. The van der Waals surface area contributed by atoms with Crippen molar-refractivity contribution in [1.29, 1.82) is 0 Å². The van der Waals surface area contributed by atoms with Crippen molar-refractivity contribution in [3.05, 3.63) is 132 Å². The lowest BCUT2D eigenvalue weighted by molar-refractivity contribution is -0.119. The molecule has 0 bridgehead atoms. The van der Waals surface area contributed by atoms with E-state index in [1.807, 2.05) is 58.2 Å². The van der Waals surface area contributed by atoms with Crippen LogP contribution >= 0.6 is 11.8 Å². The number of thioether (sulfide) groups is 1. The van der Waals surface area contributed by atoms with Crippen molar-refractivity contribution in [2.75, 3.05) is 49.0 Å². The molecule has 0 aliphatic carbocycles. The van der Waals surface area contributed by atoms with Gasteiger partial charge < -0.3 is 33.7 Å². The highest BCUT2D eigenvalue weighted by molar-refractivity contribution is 8.15. The number of benzene rings is 5. The Kier molecular flexibility index (Phi) is 16.1. The Morgan fingerprint density at radius 2 is 1.49 bits per heavy atom. The lowest BCUT2D eigenvalue weighted by Crippen LogP contribution is -2.35. The van der Waals surface area contributed by atoms with Crippen LogP contribution in [0.4, 0.5) is 26.7 Å². The Balaban J connectivity index is 0.989. The van der Waals surface area contributed by atoms with Gasteiger partial charge in [0.25, 0.3) is 11.1 Å². The fourth-order valence-corrected chi connectivity index (χ4v) is 8.72. The number of amides is 4. The first-order valence-corrected chi connectivity index (χ1v) is 24.5. The Bertz CT molecular complexity index is 2900. The summed E-state index contributed by atoms with van der Waals surface area (Å²) in [6.45, 7) is 14.2. The van der Waals surface area contributed by atoms with Crippen molar-refractivity contribution in [1.82, 2.24) is 14.9 Å². The first kappa shape index (κ1) is 51.5. The van der Waals surface area contributed by atoms with Crippen LogP contribution in [0.1, 0.15) is 82.2 Å². The molecule has 7 rings (SSSR count). The van der Waals surface area contributed by atoms with E-state index in [4.69, 9.17) is 23.9 Å². The third-order valence-corrected chi connectivity index (χ3v) is 12.3. The zero-order valence-electron chi connectivity index (χ0n) is 41.8. The van der Waals surface area contributed by atoms with Crippen molar-refractivity contribution in [2.45, 2.75) is 90.7 Å². The SMILES string of the molecule is CCCc1nc2cc(N(C)CCOc3ccc(NC(=O)COc4ccc(CC5SC(=O)NC5=O)cc4)c(N(C)C(=O)OC(C)(C)C)c3)ccc2n1Cc1ccc(-c2ccccc2C(=O)OC(C)(C)C)cc1. The molecule has 5 aromatic carbocycles. The van der Waals surface area contributed by atoms with Gasteiger partial charge in [0, 0.05) is 38.8 Å². The van der Waals surface area contributed by atoms with E-state index < -0.39 is 28.5 Å². The summed E-state index contributed by atoms with van der Waals surface area (Å²) in [4.78, 5) is 71.6. The molecule has 2 heterocycles. The van der Waals surface area contributed by atoms with Crippen LogP contribution in [-0.2, 0) is 38.4 Å². The van der Waals surface area contributed by atoms with Crippen molar-refractivity contribution in [3.8, 4) is 22.6 Å².